The van der Waals surface area contributed by atoms with Gasteiger partial charge in [0.15, 0.2) is 0 Å². The van der Waals surface area contributed by atoms with Crippen LogP contribution < -0.4 is 10.1 Å². The number of aryl methyl sites for hydroxylation is 1. The number of nitrogens with one attached hydrogen (secondary N) is 2. The van der Waals surface area contributed by atoms with Gasteiger partial charge in [-0.15, -0.1) is 0 Å². The summed E-state index contributed by atoms with van der Waals surface area (Å²) in [7, 11) is 0. The molecule has 0 atom stereocenters. The minimum atomic E-state index is -0.402. The van der Waals surface area contributed by atoms with Crippen molar-refractivity contribution >= 4 is 33.7 Å². The standard InChI is InChI=1S/C28H27N3O4/c1-18-15-20-16-25(35-27(33)31-11-13-34-14-12-31)29-24(20)17-22(18)26(32)30-28(9-10-28)23-8-4-6-19-5-2-3-7-21(19)23/h2-8,15-17,29H,9-14H2,1H3,(H,30,32). The molecule has 35 heavy (non-hydrogen) atoms. The highest BCUT2D eigenvalue weighted by Gasteiger charge is 2.46. The van der Waals surface area contributed by atoms with E-state index < -0.39 is 6.09 Å². The Kier molecular flexibility index (Phi) is 5.22. The summed E-state index contributed by atoms with van der Waals surface area (Å²) in [5, 5.41) is 6.56. The molecule has 178 valence electrons. The molecule has 2 N–H and O–H groups in total. The maximum absolute atomic E-state index is 13.4. The third kappa shape index (κ3) is 4.02. The van der Waals surface area contributed by atoms with Gasteiger partial charge in [-0.1, -0.05) is 42.5 Å². The van der Waals surface area contributed by atoms with E-state index in [-0.39, 0.29) is 11.4 Å². The Bertz CT molecular complexity index is 1440. The normalized spacial score (nSPS) is 16.9. The van der Waals surface area contributed by atoms with Crippen LogP contribution in [0.1, 0.15) is 34.3 Å². The Hall–Kier alpha value is -3.84. The van der Waals surface area contributed by atoms with Gasteiger partial charge in [-0.2, -0.15) is 0 Å². The number of hydrogen-bond donors (Lipinski definition) is 2. The molecule has 6 rings (SSSR count). The maximum atomic E-state index is 13.4. The van der Waals surface area contributed by atoms with Crippen molar-refractivity contribution in [3.05, 3.63) is 77.4 Å². The summed E-state index contributed by atoms with van der Waals surface area (Å²) in [6, 6.07) is 20.1. The summed E-state index contributed by atoms with van der Waals surface area (Å²) in [6.45, 7) is 3.99. The van der Waals surface area contributed by atoms with Crippen LogP contribution in [-0.4, -0.2) is 48.2 Å². The Morgan fingerprint density at radius 3 is 2.57 bits per heavy atom. The fourth-order valence-electron chi connectivity index (χ4n) is 4.99. The van der Waals surface area contributed by atoms with E-state index in [2.05, 4.69) is 40.6 Å². The highest BCUT2D eigenvalue weighted by molar-refractivity contribution is 6.01. The molecule has 2 heterocycles. The first-order valence-corrected chi connectivity index (χ1v) is 12.0. The fourth-order valence-corrected chi connectivity index (χ4v) is 4.99. The monoisotopic (exact) mass is 469 g/mol. The SMILES string of the molecule is Cc1cc2cc(OC(=O)N3CCOCC3)[nH]c2cc1C(=O)NC1(c2cccc3ccccc23)CC1. The molecule has 3 aromatic carbocycles. The summed E-state index contributed by atoms with van der Waals surface area (Å²) in [5.41, 5.74) is 3.06. The second-order valence-electron chi connectivity index (χ2n) is 9.42. The van der Waals surface area contributed by atoms with Gasteiger partial charge in [0.2, 0.25) is 5.88 Å². The van der Waals surface area contributed by atoms with Crippen molar-refractivity contribution in [1.82, 2.24) is 15.2 Å². The molecule has 0 radical (unpaired) electrons. The number of benzene rings is 3. The highest BCUT2D eigenvalue weighted by Crippen LogP contribution is 2.48. The van der Waals surface area contributed by atoms with Crippen molar-refractivity contribution in [2.75, 3.05) is 26.3 Å². The number of rotatable bonds is 4. The van der Waals surface area contributed by atoms with E-state index in [1.807, 2.05) is 31.2 Å². The molecule has 1 aromatic heterocycles. The van der Waals surface area contributed by atoms with Crippen LogP contribution in [0.15, 0.2) is 60.7 Å². The van der Waals surface area contributed by atoms with Gasteiger partial charge in [0, 0.05) is 35.6 Å². The van der Waals surface area contributed by atoms with E-state index in [0.29, 0.717) is 37.7 Å². The molecule has 2 fully saturated rings. The van der Waals surface area contributed by atoms with Crippen LogP contribution in [0.2, 0.25) is 0 Å². The zero-order chi connectivity index (χ0) is 24.0. The molecule has 7 heteroatoms. The van der Waals surface area contributed by atoms with Gasteiger partial charge < -0.3 is 24.7 Å². The lowest BCUT2D eigenvalue weighted by molar-refractivity contribution is 0.0412. The number of carbonyl (C=O) groups excluding carboxylic acids is 2. The van der Waals surface area contributed by atoms with Crippen LogP contribution in [0, 0.1) is 6.92 Å². The van der Waals surface area contributed by atoms with Crippen molar-refractivity contribution in [1.29, 1.82) is 0 Å². The molecular weight excluding hydrogens is 442 g/mol. The van der Waals surface area contributed by atoms with Crippen LogP contribution in [0.25, 0.3) is 21.7 Å². The zero-order valence-corrected chi connectivity index (χ0v) is 19.6. The second kappa shape index (κ2) is 8.43. The number of fused-ring (bicyclic) bond motifs is 2. The molecule has 0 spiro atoms. The molecule has 0 bridgehead atoms. The van der Waals surface area contributed by atoms with Gasteiger partial charge >= 0.3 is 6.09 Å². The molecule has 1 aliphatic carbocycles. The second-order valence-corrected chi connectivity index (χ2v) is 9.42. The van der Waals surface area contributed by atoms with Crippen molar-refractivity contribution in [2.24, 2.45) is 0 Å². The van der Waals surface area contributed by atoms with E-state index in [4.69, 9.17) is 9.47 Å². The lowest BCUT2D eigenvalue weighted by Gasteiger charge is -2.25. The van der Waals surface area contributed by atoms with Gasteiger partial charge in [0.25, 0.3) is 5.91 Å². The van der Waals surface area contributed by atoms with Crippen LogP contribution in [-0.2, 0) is 10.3 Å². The number of carbonyl (C=O) groups is 2. The number of aromatic amines is 1. The van der Waals surface area contributed by atoms with Crippen molar-refractivity contribution in [3.63, 3.8) is 0 Å². The lowest BCUT2D eigenvalue weighted by Crippen LogP contribution is -2.42. The summed E-state index contributed by atoms with van der Waals surface area (Å²) in [5.74, 6) is 0.263. The number of aromatic nitrogens is 1. The first-order chi connectivity index (χ1) is 17.0. The van der Waals surface area contributed by atoms with E-state index >= 15 is 0 Å². The summed E-state index contributed by atoms with van der Waals surface area (Å²) in [4.78, 5) is 30.6. The Labute approximate surface area is 203 Å². The third-order valence-corrected chi connectivity index (χ3v) is 7.06. The van der Waals surface area contributed by atoms with Gasteiger partial charge in [0.05, 0.1) is 18.8 Å². The third-order valence-electron chi connectivity index (χ3n) is 7.06. The minimum absolute atomic E-state index is 0.101. The molecule has 0 unspecified atom stereocenters. The van der Waals surface area contributed by atoms with Gasteiger partial charge in [-0.05, 0) is 53.8 Å². The predicted molar refractivity (Wildman–Crippen MR) is 134 cm³/mol. The van der Waals surface area contributed by atoms with E-state index in [9.17, 15) is 9.59 Å². The first-order valence-electron chi connectivity index (χ1n) is 12.0. The maximum Gasteiger partial charge on any atom is 0.416 e. The summed E-state index contributed by atoms with van der Waals surface area (Å²) in [6.07, 6.45) is 1.43. The predicted octanol–water partition coefficient (Wildman–Crippen LogP) is 4.88. The zero-order valence-electron chi connectivity index (χ0n) is 19.6. The van der Waals surface area contributed by atoms with E-state index in [1.165, 1.54) is 16.3 Å². The van der Waals surface area contributed by atoms with E-state index in [1.54, 1.807) is 11.0 Å². The average molecular weight is 470 g/mol. The van der Waals surface area contributed by atoms with E-state index in [0.717, 1.165) is 29.3 Å². The molecule has 1 saturated heterocycles. The number of morpholine rings is 1. The molecule has 1 aliphatic heterocycles. The van der Waals surface area contributed by atoms with Gasteiger partial charge in [-0.25, -0.2) is 4.79 Å². The number of amides is 2. The van der Waals surface area contributed by atoms with Crippen molar-refractivity contribution < 1.29 is 19.1 Å². The summed E-state index contributed by atoms with van der Waals surface area (Å²) < 4.78 is 10.8. The highest BCUT2D eigenvalue weighted by atomic mass is 16.6. The average Bonchev–Trinajstić information content (AvgIpc) is 3.55. The number of H-pyrrole nitrogens is 1. The Morgan fingerprint density at radius 1 is 1.00 bits per heavy atom. The fraction of sp³-hybridized carbons (Fsp3) is 0.286. The number of nitrogens with zero attached hydrogens (tertiary/aromatic N) is 1. The Balaban J connectivity index is 1.24. The molecule has 1 saturated carbocycles. The molecule has 2 aliphatic rings. The molecule has 4 aromatic rings. The van der Waals surface area contributed by atoms with Crippen LogP contribution in [0.3, 0.4) is 0 Å². The molecule has 7 nitrogen and oxygen atoms in total. The minimum Gasteiger partial charge on any atom is -0.393 e. The first kappa shape index (κ1) is 21.7. The van der Waals surface area contributed by atoms with Crippen molar-refractivity contribution in [3.8, 4) is 5.88 Å². The van der Waals surface area contributed by atoms with Crippen LogP contribution in [0.4, 0.5) is 4.79 Å². The summed E-state index contributed by atoms with van der Waals surface area (Å²) >= 11 is 0. The van der Waals surface area contributed by atoms with Crippen molar-refractivity contribution in [2.45, 2.75) is 25.3 Å². The lowest BCUT2D eigenvalue weighted by atomic mass is 9.96. The molecular formula is C28H27N3O4. The largest absolute Gasteiger partial charge is 0.416 e. The number of ether oxygens (including phenoxy) is 2. The quantitative estimate of drug-likeness (QED) is 0.446. The molecule has 2 amide bonds. The van der Waals surface area contributed by atoms with Crippen LogP contribution >= 0.6 is 0 Å². The van der Waals surface area contributed by atoms with Crippen LogP contribution in [0.5, 0.6) is 5.88 Å². The topological polar surface area (TPSA) is 83.7 Å². The van der Waals surface area contributed by atoms with Gasteiger partial charge in [-0.3, -0.25) is 4.79 Å². The Morgan fingerprint density at radius 2 is 1.77 bits per heavy atom. The number of hydrogen-bond acceptors (Lipinski definition) is 4. The van der Waals surface area contributed by atoms with Gasteiger partial charge in [0.1, 0.15) is 0 Å². The smallest absolute Gasteiger partial charge is 0.393 e.